The Morgan fingerprint density at radius 2 is 2.00 bits per heavy atom. The van der Waals surface area contributed by atoms with Crippen LogP contribution in [0, 0.1) is 0 Å². The Morgan fingerprint density at radius 3 is 2.30 bits per heavy atom. The predicted molar refractivity (Wildman–Crippen MR) is 46.5 cm³/mol. The van der Waals surface area contributed by atoms with Gasteiger partial charge in [-0.05, 0) is 13.3 Å². The lowest BCUT2D eigenvalue weighted by Crippen LogP contribution is -2.39. The van der Waals surface area contributed by atoms with Gasteiger partial charge in [-0.15, -0.1) is 12.4 Å². The molecule has 2 nitrogen and oxygen atoms in total. The summed E-state index contributed by atoms with van der Waals surface area (Å²) >= 11 is 0. The molecule has 0 saturated heterocycles. The molecule has 0 amide bonds. The van der Waals surface area contributed by atoms with Crippen molar-refractivity contribution in [3.05, 3.63) is 0 Å². The Kier molecular flexibility index (Phi) is 7.65. The maximum Gasteiger partial charge on any atom is 0.0608 e. The number of aliphatic hydroxyl groups is 1. The molecule has 0 aromatic heterocycles. The molecule has 1 atom stereocenters. The third-order valence-corrected chi connectivity index (χ3v) is 1.46. The number of aliphatic hydroxyl groups excluding tert-OH is 1. The minimum Gasteiger partial charge on any atom is -0.394 e. The van der Waals surface area contributed by atoms with E-state index >= 15 is 0 Å². The van der Waals surface area contributed by atoms with E-state index in [2.05, 4.69) is 6.92 Å². The Hall–Kier alpha value is 0.210. The van der Waals surface area contributed by atoms with Crippen molar-refractivity contribution in [2.24, 2.45) is 5.73 Å². The molecule has 0 saturated carbocycles. The first-order valence-corrected chi connectivity index (χ1v) is 3.52. The molecule has 0 aliphatic rings. The van der Waals surface area contributed by atoms with Gasteiger partial charge in [-0.1, -0.05) is 19.8 Å². The van der Waals surface area contributed by atoms with Crippen molar-refractivity contribution < 1.29 is 5.11 Å². The summed E-state index contributed by atoms with van der Waals surface area (Å²) in [5.74, 6) is 0. The molecule has 3 heteroatoms. The quantitative estimate of drug-likeness (QED) is 0.664. The van der Waals surface area contributed by atoms with E-state index in [0.29, 0.717) is 0 Å². The highest BCUT2D eigenvalue weighted by Crippen LogP contribution is 2.08. The van der Waals surface area contributed by atoms with Crippen molar-refractivity contribution in [1.82, 2.24) is 0 Å². The normalized spacial score (nSPS) is 15.6. The Balaban J connectivity index is 0. The second kappa shape index (κ2) is 5.96. The third kappa shape index (κ3) is 6.33. The summed E-state index contributed by atoms with van der Waals surface area (Å²) in [6.07, 6.45) is 3.17. The molecule has 0 aliphatic heterocycles. The molecule has 0 fully saturated rings. The summed E-state index contributed by atoms with van der Waals surface area (Å²) < 4.78 is 0. The Labute approximate surface area is 69.2 Å². The van der Waals surface area contributed by atoms with E-state index in [-0.39, 0.29) is 24.6 Å². The lowest BCUT2D eigenvalue weighted by Gasteiger charge is -2.20. The summed E-state index contributed by atoms with van der Waals surface area (Å²) in [6, 6.07) is 0. The van der Waals surface area contributed by atoms with E-state index in [1.54, 1.807) is 0 Å². The summed E-state index contributed by atoms with van der Waals surface area (Å²) in [5.41, 5.74) is 5.30. The molecule has 3 N–H and O–H groups in total. The fraction of sp³-hybridized carbons (Fsp3) is 1.00. The molecule has 0 spiro atoms. The van der Waals surface area contributed by atoms with Gasteiger partial charge in [-0.2, -0.15) is 0 Å². The van der Waals surface area contributed by atoms with Crippen LogP contribution in [-0.4, -0.2) is 17.3 Å². The highest BCUT2D eigenvalue weighted by atomic mass is 35.5. The number of hydrogen-bond acceptors (Lipinski definition) is 2. The molecule has 0 radical (unpaired) electrons. The van der Waals surface area contributed by atoms with Crippen molar-refractivity contribution in [3.63, 3.8) is 0 Å². The average molecular weight is 168 g/mol. The number of rotatable bonds is 4. The lowest BCUT2D eigenvalue weighted by molar-refractivity contribution is 0.198. The first-order valence-electron chi connectivity index (χ1n) is 3.52. The highest BCUT2D eigenvalue weighted by molar-refractivity contribution is 5.85. The average Bonchev–Trinajstić information content (AvgIpc) is 1.84. The van der Waals surface area contributed by atoms with E-state index in [1.807, 2.05) is 6.92 Å². The van der Waals surface area contributed by atoms with Gasteiger partial charge < -0.3 is 10.8 Å². The topological polar surface area (TPSA) is 46.2 Å². The Bertz CT molecular complexity index is 76.0. The van der Waals surface area contributed by atoms with Crippen LogP contribution in [-0.2, 0) is 0 Å². The zero-order chi connectivity index (χ0) is 7.33. The fourth-order valence-corrected chi connectivity index (χ4v) is 0.660. The number of nitrogens with two attached hydrogens (primary N) is 1. The van der Waals surface area contributed by atoms with Gasteiger partial charge in [-0.3, -0.25) is 0 Å². The molecule has 10 heavy (non-hydrogen) atoms. The summed E-state index contributed by atoms with van der Waals surface area (Å²) in [5, 5.41) is 8.70. The summed E-state index contributed by atoms with van der Waals surface area (Å²) in [7, 11) is 0. The van der Waals surface area contributed by atoms with Crippen LogP contribution in [0.25, 0.3) is 0 Å². The minimum atomic E-state index is -0.351. The molecule has 64 valence electrons. The van der Waals surface area contributed by atoms with Crippen molar-refractivity contribution in [2.45, 2.75) is 38.6 Å². The standard InChI is InChI=1S/C7H17NO.ClH/c1-3-4-5-7(2,8)6-9;/h9H,3-6,8H2,1-2H3;1H/t7-;/m0./s1. The largest absolute Gasteiger partial charge is 0.394 e. The van der Waals surface area contributed by atoms with Crippen LogP contribution in [0.3, 0.4) is 0 Å². The smallest absolute Gasteiger partial charge is 0.0608 e. The van der Waals surface area contributed by atoms with Gasteiger partial charge in [0.1, 0.15) is 0 Å². The van der Waals surface area contributed by atoms with Gasteiger partial charge in [0.2, 0.25) is 0 Å². The van der Waals surface area contributed by atoms with Crippen LogP contribution in [0.1, 0.15) is 33.1 Å². The van der Waals surface area contributed by atoms with Gasteiger partial charge in [0.25, 0.3) is 0 Å². The van der Waals surface area contributed by atoms with E-state index in [4.69, 9.17) is 10.8 Å². The maximum atomic E-state index is 8.70. The van der Waals surface area contributed by atoms with Crippen LogP contribution in [0.15, 0.2) is 0 Å². The van der Waals surface area contributed by atoms with Gasteiger partial charge in [-0.25, -0.2) is 0 Å². The van der Waals surface area contributed by atoms with E-state index < -0.39 is 0 Å². The van der Waals surface area contributed by atoms with Crippen LogP contribution < -0.4 is 5.73 Å². The summed E-state index contributed by atoms with van der Waals surface area (Å²) in [4.78, 5) is 0. The van der Waals surface area contributed by atoms with Crippen LogP contribution in [0.5, 0.6) is 0 Å². The first-order chi connectivity index (χ1) is 4.12. The van der Waals surface area contributed by atoms with Gasteiger partial charge >= 0.3 is 0 Å². The zero-order valence-electron chi connectivity index (χ0n) is 6.76. The number of hydrogen-bond donors (Lipinski definition) is 2. The molecule has 0 aliphatic carbocycles. The molecule has 0 rings (SSSR count). The van der Waals surface area contributed by atoms with Crippen LogP contribution in [0.4, 0.5) is 0 Å². The van der Waals surface area contributed by atoms with Crippen LogP contribution in [0.2, 0.25) is 0 Å². The molecular formula is C7H18ClNO. The van der Waals surface area contributed by atoms with Crippen LogP contribution >= 0.6 is 12.4 Å². The number of unbranched alkanes of at least 4 members (excludes halogenated alkanes) is 1. The molecule has 0 aromatic rings. The van der Waals surface area contributed by atoms with Crippen molar-refractivity contribution in [1.29, 1.82) is 0 Å². The second-order valence-electron chi connectivity index (χ2n) is 2.92. The molecular weight excluding hydrogens is 150 g/mol. The molecule has 0 bridgehead atoms. The SMILES string of the molecule is CCCC[C@](C)(N)CO.Cl. The van der Waals surface area contributed by atoms with Crippen molar-refractivity contribution in [3.8, 4) is 0 Å². The molecule has 0 unspecified atom stereocenters. The summed E-state index contributed by atoms with van der Waals surface area (Å²) in [6.45, 7) is 4.09. The molecule has 0 aromatic carbocycles. The monoisotopic (exact) mass is 167 g/mol. The minimum absolute atomic E-state index is 0. The van der Waals surface area contributed by atoms with Gasteiger partial charge in [0.05, 0.1) is 6.61 Å². The van der Waals surface area contributed by atoms with E-state index in [9.17, 15) is 0 Å². The maximum absolute atomic E-state index is 8.70. The zero-order valence-corrected chi connectivity index (χ0v) is 7.58. The second-order valence-corrected chi connectivity index (χ2v) is 2.92. The predicted octanol–water partition coefficient (Wildman–Crippen LogP) is 1.31. The number of halogens is 1. The van der Waals surface area contributed by atoms with Crippen molar-refractivity contribution in [2.75, 3.05) is 6.61 Å². The van der Waals surface area contributed by atoms with E-state index in [1.165, 1.54) is 0 Å². The fourth-order valence-electron chi connectivity index (χ4n) is 0.660. The van der Waals surface area contributed by atoms with Gasteiger partial charge in [0, 0.05) is 5.54 Å². The highest BCUT2D eigenvalue weighted by Gasteiger charge is 2.14. The molecule has 0 heterocycles. The Morgan fingerprint density at radius 1 is 1.50 bits per heavy atom. The van der Waals surface area contributed by atoms with Crippen molar-refractivity contribution >= 4 is 12.4 Å². The lowest BCUT2D eigenvalue weighted by atomic mass is 9.98. The van der Waals surface area contributed by atoms with Gasteiger partial charge in [0.15, 0.2) is 0 Å². The van der Waals surface area contributed by atoms with E-state index in [0.717, 1.165) is 19.3 Å². The first kappa shape index (κ1) is 12.8. The third-order valence-electron chi connectivity index (χ3n) is 1.46.